The molecule has 1 saturated heterocycles. The highest BCUT2D eigenvalue weighted by Crippen LogP contribution is 2.38. The van der Waals surface area contributed by atoms with Crippen molar-refractivity contribution in [3.05, 3.63) is 87.4 Å². The van der Waals surface area contributed by atoms with Gasteiger partial charge in [0.25, 0.3) is 5.91 Å². The second-order valence-corrected chi connectivity index (χ2v) is 9.00. The fourth-order valence-corrected chi connectivity index (χ4v) is 4.63. The smallest absolute Gasteiger partial charge is 0.331 e. The molecule has 1 atom stereocenters. The number of nitrogens with zero attached hydrogens (tertiary/aromatic N) is 1. The van der Waals surface area contributed by atoms with Crippen molar-refractivity contribution in [2.45, 2.75) is 6.04 Å². The lowest BCUT2D eigenvalue weighted by Gasteiger charge is -2.23. The molecule has 0 saturated carbocycles. The number of rotatable bonds is 5. The second-order valence-electron chi connectivity index (χ2n) is 6.41. The standard InChI is InChI=1S/C22H14BrNO4S2/c23-15-8-6-13(7-9-15)17-11-10-16(28-17)12-18-20(25)24(22(29)30-18)19(21(26)27)14-4-2-1-3-5-14/h1-12,19H,(H,26,27)/b18-12-. The summed E-state index contributed by atoms with van der Waals surface area (Å²) in [6.07, 6.45) is 1.59. The maximum atomic E-state index is 13.0. The van der Waals surface area contributed by atoms with E-state index in [1.54, 1.807) is 42.5 Å². The molecule has 0 bridgehead atoms. The number of hydrogen-bond donors (Lipinski definition) is 1. The molecule has 5 nitrogen and oxygen atoms in total. The Balaban J connectivity index is 1.62. The fraction of sp³-hybridized carbons (Fsp3) is 0.0455. The summed E-state index contributed by atoms with van der Waals surface area (Å²) < 4.78 is 7.01. The molecule has 1 aromatic heterocycles. The molecule has 0 spiro atoms. The Hall–Kier alpha value is -2.68. The van der Waals surface area contributed by atoms with Gasteiger partial charge in [0, 0.05) is 16.1 Å². The van der Waals surface area contributed by atoms with Crippen LogP contribution in [0.3, 0.4) is 0 Å². The molecule has 0 radical (unpaired) electrons. The van der Waals surface area contributed by atoms with E-state index in [9.17, 15) is 14.7 Å². The van der Waals surface area contributed by atoms with Gasteiger partial charge in [0.05, 0.1) is 4.91 Å². The molecular weight excluding hydrogens is 486 g/mol. The van der Waals surface area contributed by atoms with E-state index in [1.165, 1.54) is 0 Å². The average molecular weight is 500 g/mol. The van der Waals surface area contributed by atoms with Crippen molar-refractivity contribution in [2.24, 2.45) is 0 Å². The fourth-order valence-electron chi connectivity index (χ4n) is 3.07. The van der Waals surface area contributed by atoms with Gasteiger partial charge < -0.3 is 9.52 Å². The number of halogens is 1. The van der Waals surface area contributed by atoms with Crippen LogP contribution in [0.25, 0.3) is 17.4 Å². The molecule has 1 amide bonds. The van der Waals surface area contributed by atoms with Crippen LogP contribution in [0.2, 0.25) is 0 Å². The van der Waals surface area contributed by atoms with Gasteiger partial charge >= 0.3 is 5.97 Å². The van der Waals surface area contributed by atoms with Crippen molar-refractivity contribution in [1.29, 1.82) is 0 Å². The Morgan fingerprint density at radius 3 is 2.47 bits per heavy atom. The predicted octanol–water partition coefficient (Wildman–Crippen LogP) is 5.74. The molecule has 1 aliphatic rings. The highest BCUT2D eigenvalue weighted by atomic mass is 79.9. The summed E-state index contributed by atoms with van der Waals surface area (Å²) in [7, 11) is 0. The van der Waals surface area contributed by atoms with Crippen LogP contribution in [-0.4, -0.2) is 26.2 Å². The molecule has 4 rings (SSSR count). The van der Waals surface area contributed by atoms with E-state index < -0.39 is 17.9 Å². The molecule has 1 N–H and O–H groups in total. The van der Waals surface area contributed by atoms with Crippen molar-refractivity contribution >= 4 is 62.2 Å². The molecule has 1 aliphatic heterocycles. The van der Waals surface area contributed by atoms with Gasteiger partial charge in [0.1, 0.15) is 15.8 Å². The number of carbonyl (C=O) groups excluding carboxylic acids is 1. The van der Waals surface area contributed by atoms with Crippen LogP contribution in [0.5, 0.6) is 0 Å². The van der Waals surface area contributed by atoms with Crippen molar-refractivity contribution < 1.29 is 19.1 Å². The topological polar surface area (TPSA) is 70.8 Å². The maximum Gasteiger partial charge on any atom is 0.331 e. The van der Waals surface area contributed by atoms with E-state index in [1.807, 2.05) is 30.3 Å². The quantitative estimate of drug-likeness (QED) is 0.356. The molecule has 0 aliphatic carbocycles. The molecular formula is C22H14BrNO4S2. The van der Waals surface area contributed by atoms with Gasteiger partial charge in [-0.25, -0.2) is 4.79 Å². The average Bonchev–Trinajstić information content (AvgIpc) is 3.30. The third kappa shape index (κ3) is 4.12. The highest BCUT2D eigenvalue weighted by molar-refractivity contribution is 9.10. The number of furan rings is 1. The van der Waals surface area contributed by atoms with Gasteiger partial charge in [-0.2, -0.15) is 0 Å². The van der Waals surface area contributed by atoms with E-state index in [4.69, 9.17) is 16.6 Å². The Morgan fingerprint density at radius 1 is 1.10 bits per heavy atom. The molecule has 8 heteroatoms. The van der Waals surface area contributed by atoms with Crippen molar-refractivity contribution in [3.8, 4) is 11.3 Å². The zero-order chi connectivity index (χ0) is 21.3. The van der Waals surface area contributed by atoms with Crippen LogP contribution in [0, 0.1) is 0 Å². The largest absolute Gasteiger partial charge is 0.479 e. The number of carbonyl (C=O) groups is 2. The summed E-state index contributed by atoms with van der Waals surface area (Å²) in [6.45, 7) is 0. The zero-order valence-electron chi connectivity index (χ0n) is 15.3. The molecule has 150 valence electrons. The summed E-state index contributed by atoms with van der Waals surface area (Å²) in [6, 6.07) is 18.6. The third-order valence-corrected chi connectivity index (χ3v) is 6.32. The van der Waals surface area contributed by atoms with Gasteiger partial charge in [-0.05, 0) is 29.8 Å². The lowest BCUT2D eigenvalue weighted by atomic mass is 10.1. The van der Waals surface area contributed by atoms with Gasteiger partial charge in [-0.3, -0.25) is 9.69 Å². The SMILES string of the molecule is O=C(O)C(c1ccccc1)N1C(=O)/C(=C/c2ccc(-c3ccc(Br)cc3)o2)SC1=S. The lowest BCUT2D eigenvalue weighted by molar-refractivity contribution is -0.145. The minimum Gasteiger partial charge on any atom is -0.479 e. The number of aliphatic carboxylic acids is 1. The molecule has 2 aromatic carbocycles. The maximum absolute atomic E-state index is 13.0. The number of thioether (sulfide) groups is 1. The molecule has 1 fully saturated rings. The molecule has 1 unspecified atom stereocenters. The minimum atomic E-state index is -1.18. The van der Waals surface area contributed by atoms with Gasteiger partial charge in [0.2, 0.25) is 0 Å². The number of benzene rings is 2. The first-order valence-electron chi connectivity index (χ1n) is 8.84. The minimum absolute atomic E-state index is 0.196. The number of amides is 1. The summed E-state index contributed by atoms with van der Waals surface area (Å²) in [5.41, 5.74) is 1.39. The van der Waals surface area contributed by atoms with Crippen LogP contribution < -0.4 is 0 Å². The van der Waals surface area contributed by atoms with Crippen LogP contribution in [-0.2, 0) is 9.59 Å². The van der Waals surface area contributed by atoms with Crippen molar-refractivity contribution in [3.63, 3.8) is 0 Å². The number of carboxylic acid groups (broad SMARTS) is 1. The lowest BCUT2D eigenvalue weighted by Crippen LogP contribution is -2.37. The number of carboxylic acids is 1. The first kappa shape index (κ1) is 20.6. The van der Waals surface area contributed by atoms with Crippen LogP contribution in [0.1, 0.15) is 17.4 Å². The van der Waals surface area contributed by atoms with E-state index >= 15 is 0 Å². The monoisotopic (exact) mass is 499 g/mol. The van der Waals surface area contributed by atoms with Gasteiger partial charge in [0.15, 0.2) is 6.04 Å². The Kier molecular flexibility index (Phi) is 5.90. The zero-order valence-corrected chi connectivity index (χ0v) is 18.5. The summed E-state index contributed by atoms with van der Waals surface area (Å²) in [5, 5.41) is 9.74. The normalized spacial score (nSPS) is 16.3. The van der Waals surface area contributed by atoms with Crippen LogP contribution in [0.4, 0.5) is 0 Å². The second kappa shape index (κ2) is 8.59. The predicted molar refractivity (Wildman–Crippen MR) is 124 cm³/mol. The summed E-state index contributed by atoms with van der Waals surface area (Å²) in [5.74, 6) is -0.450. The van der Waals surface area contributed by atoms with Crippen LogP contribution >= 0.6 is 39.9 Å². The first-order valence-corrected chi connectivity index (χ1v) is 10.9. The first-order chi connectivity index (χ1) is 14.4. The van der Waals surface area contributed by atoms with E-state index in [2.05, 4.69) is 15.9 Å². The van der Waals surface area contributed by atoms with Crippen molar-refractivity contribution in [2.75, 3.05) is 0 Å². The number of hydrogen-bond acceptors (Lipinski definition) is 5. The molecule has 2 heterocycles. The summed E-state index contributed by atoms with van der Waals surface area (Å²) in [4.78, 5) is 26.4. The van der Waals surface area contributed by atoms with E-state index in [0.29, 0.717) is 22.0 Å². The van der Waals surface area contributed by atoms with E-state index in [-0.39, 0.29) is 4.32 Å². The Labute approximate surface area is 190 Å². The summed E-state index contributed by atoms with van der Waals surface area (Å²) >= 11 is 9.79. The van der Waals surface area contributed by atoms with E-state index in [0.717, 1.165) is 26.7 Å². The Morgan fingerprint density at radius 2 is 1.80 bits per heavy atom. The van der Waals surface area contributed by atoms with Gasteiger partial charge in [-0.15, -0.1) is 0 Å². The molecule has 30 heavy (non-hydrogen) atoms. The molecule has 3 aromatic rings. The van der Waals surface area contributed by atoms with Crippen LogP contribution in [0.15, 0.2) is 80.5 Å². The van der Waals surface area contributed by atoms with Gasteiger partial charge in [-0.1, -0.05) is 82.4 Å². The third-order valence-electron chi connectivity index (χ3n) is 4.46. The highest BCUT2D eigenvalue weighted by Gasteiger charge is 2.41. The van der Waals surface area contributed by atoms with Crippen molar-refractivity contribution in [1.82, 2.24) is 4.90 Å². The number of thiocarbonyl (C=S) groups is 1. The Bertz CT molecular complexity index is 1160.